The third kappa shape index (κ3) is 0.867. The van der Waals surface area contributed by atoms with Crippen LogP contribution in [0.3, 0.4) is 0 Å². The summed E-state index contributed by atoms with van der Waals surface area (Å²) >= 11 is 0. The summed E-state index contributed by atoms with van der Waals surface area (Å²) in [6, 6.07) is 0. The van der Waals surface area contributed by atoms with Gasteiger partial charge in [-0.3, -0.25) is 0 Å². The molecule has 0 bridgehead atoms. The van der Waals surface area contributed by atoms with Crippen molar-refractivity contribution in [2.75, 3.05) is 26.2 Å². The molecule has 2 atom stereocenters. The zero-order valence-corrected chi connectivity index (χ0v) is 6.61. The van der Waals surface area contributed by atoms with Crippen LogP contribution in [0.25, 0.3) is 0 Å². The van der Waals surface area contributed by atoms with Crippen molar-refractivity contribution in [3.63, 3.8) is 0 Å². The maximum absolute atomic E-state index is 3.46. The molecule has 10 heavy (non-hydrogen) atoms. The number of hydrogen-bond acceptors (Lipinski definition) is 2. The molecule has 0 aromatic rings. The summed E-state index contributed by atoms with van der Waals surface area (Å²) in [5, 5.41) is 6.92. The Balaban J connectivity index is 2.10. The Kier molecular flexibility index (Phi) is 1.46. The molecule has 0 aliphatic carbocycles. The van der Waals surface area contributed by atoms with Gasteiger partial charge in [0.25, 0.3) is 0 Å². The molecule has 0 spiro atoms. The molecule has 2 aliphatic heterocycles. The predicted octanol–water partition coefficient (Wildman–Crippen LogP) is 0.205. The van der Waals surface area contributed by atoms with E-state index in [2.05, 4.69) is 17.6 Å². The van der Waals surface area contributed by atoms with Gasteiger partial charge in [0.05, 0.1) is 0 Å². The van der Waals surface area contributed by atoms with Crippen LogP contribution in [0.5, 0.6) is 0 Å². The molecule has 0 unspecified atom stereocenters. The van der Waals surface area contributed by atoms with Gasteiger partial charge in [0.15, 0.2) is 0 Å². The molecule has 0 amide bonds. The molecule has 2 saturated heterocycles. The summed E-state index contributed by atoms with van der Waals surface area (Å²) in [6.07, 6.45) is 1.36. The van der Waals surface area contributed by atoms with E-state index in [4.69, 9.17) is 0 Å². The summed E-state index contributed by atoms with van der Waals surface area (Å²) in [5.74, 6) is 0.939. The second-order valence-electron chi connectivity index (χ2n) is 3.95. The minimum absolute atomic E-state index is 0.568. The zero-order valence-electron chi connectivity index (χ0n) is 6.61. The van der Waals surface area contributed by atoms with Crippen molar-refractivity contribution >= 4 is 0 Å². The molecule has 2 heteroatoms. The van der Waals surface area contributed by atoms with E-state index in [1.807, 2.05) is 0 Å². The maximum Gasteiger partial charge on any atom is 0.00206 e. The molecule has 2 fully saturated rings. The lowest BCUT2D eigenvalue weighted by Gasteiger charge is -2.35. The van der Waals surface area contributed by atoms with Gasteiger partial charge in [-0.05, 0) is 30.8 Å². The predicted molar refractivity (Wildman–Crippen MR) is 42.0 cm³/mol. The molecule has 2 heterocycles. The van der Waals surface area contributed by atoms with Crippen LogP contribution in [0.1, 0.15) is 13.3 Å². The summed E-state index contributed by atoms with van der Waals surface area (Å²) in [4.78, 5) is 0. The van der Waals surface area contributed by atoms with E-state index >= 15 is 0 Å². The maximum atomic E-state index is 3.46. The Morgan fingerprint density at radius 2 is 2.10 bits per heavy atom. The van der Waals surface area contributed by atoms with Gasteiger partial charge in [-0.15, -0.1) is 0 Å². The number of rotatable bonds is 0. The monoisotopic (exact) mass is 140 g/mol. The smallest absolute Gasteiger partial charge is 0.00206 e. The quantitative estimate of drug-likeness (QED) is 0.502. The lowest BCUT2D eigenvalue weighted by atomic mass is 9.76. The fourth-order valence-electron chi connectivity index (χ4n) is 2.23. The van der Waals surface area contributed by atoms with E-state index in [-0.39, 0.29) is 0 Å². The first-order valence-corrected chi connectivity index (χ1v) is 4.23. The molecule has 2 aliphatic rings. The SMILES string of the molecule is C[C@]12CNCC[C@@H]1CNC2. The highest BCUT2D eigenvalue weighted by atomic mass is 15.0. The molecule has 0 radical (unpaired) electrons. The Bertz CT molecular complexity index is 135. The number of piperidine rings is 1. The second kappa shape index (κ2) is 2.21. The zero-order chi connectivity index (χ0) is 7.03. The number of nitrogens with one attached hydrogen (secondary N) is 2. The lowest BCUT2D eigenvalue weighted by Crippen LogP contribution is -2.44. The van der Waals surface area contributed by atoms with Gasteiger partial charge in [-0.2, -0.15) is 0 Å². The average molecular weight is 140 g/mol. The van der Waals surface area contributed by atoms with Gasteiger partial charge < -0.3 is 10.6 Å². The molecule has 2 nitrogen and oxygen atoms in total. The molecule has 2 N–H and O–H groups in total. The largest absolute Gasteiger partial charge is 0.316 e. The average Bonchev–Trinajstić information content (AvgIpc) is 2.29. The first-order chi connectivity index (χ1) is 4.81. The number of hydrogen-bond donors (Lipinski definition) is 2. The Morgan fingerprint density at radius 1 is 1.30 bits per heavy atom. The van der Waals surface area contributed by atoms with E-state index in [1.165, 1.54) is 32.6 Å². The van der Waals surface area contributed by atoms with E-state index in [9.17, 15) is 0 Å². The van der Waals surface area contributed by atoms with Crippen molar-refractivity contribution in [1.82, 2.24) is 10.6 Å². The minimum Gasteiger partial charge on any atom is -0.316 e. The van der Waals surface area contributed by atoms with Gasteiger partial charge in [0, 0.05) is 13.1 Å². The van der Waals surface area contributed by atoms with Crippen LogP contribution >= 0.6 is 0 Å². The molecule has 58 valence electrons. The van der Waals surface area contributed by atoms with Crippen LogP contribution in [0, 0.1) is 11.3 Å². The van der Waals surface area contributed by atoms with Crippen LogP contribution in [0.2, 0.25) is 0 Å². The Labute approximate surface area is 62.4 Å². The third-order valence-corrected chi connectivity index (χ3v) is 3.10. The van der Waals surface area contributed by atoms with E-state index in [0.29, 0.717) is 5.41 Å². The van der Waals surface area contributed by atoms with Crippen molar-refractivity contribution in [2.24, 2.45) is 11.3 Å². The first kappa shape index (κ1) is 6.62. The van der Waals surface area contributed by atoms with Gasteiger partial charge in [-0.1, -0.05) is 6.92 Å². The summed E-state index contributed by atoms with van der Waals surface area (Å²) in [5.41, 5.74) is 0.568. The molecule has 0 aromatic carbocycles. The molecular formula is C8H16N2. The highest BCUT2D eigenvalue weighted by Crippen LogP contribution is 2.34. The second-order valence-corrected chi connectivity index (χ2v) is 3.95. The van der Waals surface area contributed by atoms with E-state index in [1.54, 1.807) is 0 Å². The van der Waals surface area contributed by atoms with Crippen LogP contribution in [0.4, 0.5) is 0 Å². The fourth-order valence-corrected chi connectivity index (χ4v) is 2.23. The van der Waals surface area contributed by atoms with Gasteiger partial charge in [0.2, 0.25) is 0 Å². The van der Waals surface area contributed by atoms with Crippen molar-refractivity contribution in [2.45, 2.75) is 13.3 Å². The topological polar surface area (TPSA) is 24.1 Å². The van der Waals surface area contributed by atoms with Crippen LogP contribution in [-0.4, -0.2) is 26.2 Å². The minimum atomic E-state index is 0.568. The Morgan fingerprint density at radius 3 is 2.90 bits per heavy atom. The van der Waals surface area contributed by atoms with Crippen LogP contribution in [-0.2, 0) is 0 Å². The molecule has 2 rings (SSSR count). The summed E-state index contributed by atoms with van der Waals surface area (Å²) < 4.78 is 0. The van der Waals surface area contributed by atoms with Crippen LogP contribution < -0.4 is 10.6 Å². The normalized spacial score (nSPS) is 47.1. The van der Waals surface area contributed by atoms with Gasteiger partial charge in [-0.25, -0.2) is 0 Å². The van der Waals surface area contributed by atoms with Gasteiger partial charge in [0.1, 0.15) is 0 Å². The van der Waals surface area contributed by atoms with Crippen molar-refractivity contribution in [3.05, 3.63) is 0 Å². The van der Waals surface area contributed by atoms with Crippen molar-refractivity contribution in [1.29, 1.82) is 0 Å². The first-order valence-electron chi connectivity index (χ1n) is 4.23. The number of fused-ring (bicyclic) bond motifs is 1. The third-order valence-electron chi connectivity index (χ3n) is 3.10. The highest BCUT2D eigenvalue weighted by Gasteiger charge is 2.39. The van der Waals surface area contributed by atoms with Crippen molar-refractivity contribution in [3.8, 4) is 0 Å². The Hall–Kier alpha value is -0.0800. The van der Waals surface area contributed by atoms with Crippen LogP contribution in [0.15, 0.2) is 0 Å². The highest BCUT2D eigenvalue weighted by molar-refractivity contribution is 4.95. The standard InChI is InChI=1S/C8H16N2/c1-8-5-9-3-2-7(8)4-10-6-8/h7,9-10H,2-6H2,1H3/t7-,8-/m1/s1. The van der Waals surface area contributed by atoms with E-state index in [0.717, 1.165) is 5.92 Å². The molecular weight excluding hydrogens is 124 g/mol. The molecule has 0 aromatic heterocycles. The van der Waals surface area contributed by atoms with E-state index < -0.39 is 0 Å². The molecule has 0 saturated carbocycles. The van der Waals surface area contributed by atoms with Crippen molar-refractivity contribution < 1.29 is 0 Å². The lowest BCUT2D eigenvalue weighted by molar-refractivity contribution is 0.193. The fraction of sp³-hybridized carbons (Fsp3) is 1.00. The van der Waals surface area contributed by atoms with Gasteiger partial charge >= 0.3 is 0 Å². The summed E-state index contributed by atoms with van der Waals surface area (Å²) in [7, 11) is 0. The summed E-state index contributed by atoms with van der Waals surface area (Å²) in [6.45, 7) is 7.29.